The van der Waals surface area contributed by atoms with E-state index in [1.54, 1.807) is 10.5 Å². The molecule has 0 radical (unpaired) electrons. The number of imidazole rings is 1. The number of nitrogens with zero attached hydrogens (tertiary/aromatic N) is 3. The van der Waals surface area contributed by atoms with Crippen molar-refractivity contribution >= 4 is 15.9 Å². The molecule has 0 aliphatic carbocycles. The predicted molar refractivity (Wildman–Crippen MR) is 137 cm³/mol. The molecule has 186 valence electrons. The Balaban J connectivity index is 1.50. The molecule has 7 nitrogen and oxygen atoms in total. The van der Waals surface area contributed by atoms with E-state index in [1.807, 2.05) is 81.9 Å². The van der Waals surface area contributed by atoms with Gasteiger partial charge in [-0.1, -0.05) is 36.4 Å². The molecule has 4 rings (SSSR count). The normalized spacial score (nSPS) is 16.3. The van der Waals surface area contributed by atoms with E-state index in [9.17, 15) is 13.2 Å². The molecule has 1 saturated heterocycles. The van der Waals surface area contributed by atoms with Crippen molar-refractivity contribution in [2.45, 2.75) is 51.5 Å². The van der Waals surface area contributed by atoms with Crippen molar-refractivity contribution in [3.05, 3.63) is 82.4 Å². The fourth-order valence-corrected chi connectivity index (χ4v) is 6.96. The first kappa shape index (κ1) is 25.1. The zero-order valence-electron chi connectivity index (χ0n) is 21.1. The molecule has 1 aliphatic heterocycles. The first-order valence-corrected chi connectivity index (χ1v) is 13.5. The summed E-state index contributed by atoms with van der Waals surface area (Å²) in [7, 11) is -1.73. The molecule has 1 aromatic heterocycles. The van der Waals surface area contributed by atoms with Crippen molar-refractivity contribution in [2.24, 2.45) is 13.0 Å². The summed E-state index contributed by atoms with van der Waals surface area (Å²) < 4.78 is 30.6. The topological polar surface area (TPSA) is 84.3 Å². The molecule has 2 heterocycles. The average Bonchev–Trinajstić information content (AvgIpc) is 3.27. The van der Waals surface area contributed by atoms with Crippen LogP contribution in [0, 0.1) is 33.6 Å². The number of sulfonamides is 1. The lowest BCUT2D eigenvalue weighted by Crippen LogP contribution is -2.44. The van der Waals surface area contributed by atoms with Crippen LogP contribution in [-0.2, 0) is 21.9 Å². The van der Waals surface area contributed by atoms with E-state index in [2.05, 4.69) is 10.3 Å². The number of piperidine rings is 1. The second kappa shape index (κ2) is 9.95. The number of hydrogen-bond donors (Lipinski definition) is 1. The van der Waals surface area contributed by atoms with Crippen LogP contribution in [0.25, 0.3) is 0 Å². The second-order valence-electron chi connectivity index (χ2n) is 9.52. The highest BCUT2D eigenvalue weighted by Gasteiger charge is 2.35. The van der Waals surface area contributed by atoms with Gasteiger partial charge >= 0.3 is 0 Å². The van der Waals surface area contributed by atoms with Crippen LogP contribution in [0.3, 0.4) is 0 Å². The lowest BCUT2D eigenvalue weighted by atomic mass is 9.96. The Morgan fingerprint density at radius 2 is 1.63 bits per heavy atom. The largest absolute Gasteiger partial charge is 0.342 e. The summed E-state index contributed by atoms with van der Waals surface area (Å²) in [6.45, 7) is 8.28. The van der Waals surface area contributed by atoms with Crippen LogP contribution >= 0.6 is 0 Å². The van der Waals surface area contributed by atoms with Crippen LogP contribution in [0.15, 0.2) is 53.7 Å². The molecule has 1 aliphatic rings. The highest BCUT2D eigenvalue weighted by Crippen LogP contribution is 2.31. The fourth-order valence-electron chi connectivity index (χ4n) is 4.91. The Kier molecular flexibility index (Phi) is 7.15. The number of carbonyl (C=O) groups excluding carboxylic acids is 1. The third-order valence-electron chi connectivity index (χ3n) is 7.26. The van der Waals surface area contributed by atoms with Crippen molar-refractivity contribution < 1.29 is 13.2 Å². The highest BCUT2D eigenvalue weighted by atomic mass is 32.2. The molecule has 1 fully saturated rings. The van der Waals surface area contributed by atoms with Gasteiger partial charge in [0, 0.05) is 38.4 Å². The van der Waals surface area contributed by atoms with E-state index >= 15 is 0 Å². The van der Waals surface area contributed by atoms with E-state index in [0.717, 1.165) is 33.6 Å². The first-order valence-electron chi connectivity index (χ1n) is 12.0. The van der Waals surface area contributed by atoms with Crippen LogP contribution in [0.4, 0.5) is 0 Å². The number of benzene rings is 2. The van der Waals surface area contributed by atoms with Crippen LogP contribution in [0.5, 0.6) is 0 Å². The van der Waals surface area contributed by atoms with E-state index in [-0.39, 0.29) is 17.9 Å². The Morgan fingerprint density at radius 1 is 1.03 bits per heavy atom. The summed E-state index contributed by atoms with van der Waals surface area (Å²) in [6.07, 6.45) is 4.54. The maximum absolute atomic E-state index is 13.6. The molecule has 3 aromatic rings. The molecule has 8 heteroatoms. The minimum absolute atomic E-state index is 0.0716. The zero-order valence-corrected chi connectivity index (χ0v) is 21.9. The quantitative estimate of drug-likeness (QED) is 0.562. The number of nitrogens with one attached hydrogen (secondary N) is 1. The summed E-state index contributed by atoms with van der Waals surface area (Å²) in [4.78, 5) is 18.2. The third kappa shape index (κ3) is 4.90. The maximum atomic E-state index is 13.6. The van der Waals surface area contributed by atoms with Gasteiger partial charge in [-0.3, -0.25) is 4.79 Å². The van der Waals surface area contributed by atoms with Crippen LogP contribution in [0.2, 0.25) is 0 Å². The Morgan fingerprint density at radius 3 is 2.17 bits per heavy atom. The van der Waals surface area contributed by atoms with Gasteiger partial charge in [-0.15, -0.1) is 0 Å². The monoisotopic (exact) mass is 494 g/mol. The van der Waals surface area contributed by atoms with Gasteiger partial charge in [0.1, 0.15) is 11.9 Å². The number of aryl methyl sites for hydroxylation is 3. The van der Waals surface area contributed by atoms with E-state index in [4.69, 9.17) is 0 Å². The number of aromatic nitrogens is 2. The van der Waals surface area contributed by atoms with Gasteiger partial charge in [0.25, 0.3) is 0 Å². The molecule has 1 atom stereocenters. The Hall–Kier alpha value is -2.97. The molecular formula is C27H34N4O3S. The van der Waals surface area contributed by atoms with Crippen molar-refractivity contribution in [1.29, 1.82) is 0 Å². The van der Waals surface area contributed by atoms with Gasteiger partial charge in [-0.25, -0.2) is 13.4 Å². The minimum Gasteiger partial charge on any atom is -0.342 e. The number of carbonyl (C=O) groups is 1. The summed E-state index contributed by atoms with van der Waals surface area (Å²) in [6, 6.07) is 11.4. The molecular weight excluding hydrogens is 460 g/mol. The van der Waals surface area contributed by atoms with E-state index in [1.165, 1.54) is 0 Å². The average molecular weight is 495 g/mol. The summed E-state index contributed by atoms with van der Waals surface area (Å²) in [5.74, 6) is 0.428. The molecule has 1 N–H and O–H groups in total. The number of rotatable bonds is 6. The Bertz CT molecular complexity index is 1300. The van der Waals surface area contributed by atoms with Gasteiger partial charge < -0.3 is 9.88 Å². The van der Waals surface area contributed by atoms with Crippen molar-refractivity contribution in [3.63, 3.8) is 0 Å². The molecule has 35 heavy (non-hydrogen) atoms. The zero-order chi connectivity index (χ0) is 25.3. The van der Waals surface area contributed by atoms with Gasteiger partial charge in [0.05, 0.1) is 4.90 Å². The van der Waals surface area contributed by atoms with Crippen LogP contribution in [-0.4, -0.2) is 41.3 Å². The molecule has 0 spiro atoms. The molecule has 1 amide bonds. The van der Waals surface area contributed by atoms with Crippen molar-refractivity contribution in [2.75, 3.05) is 13.1 Å². The minimum atomic E-state index is -3.64. The Labute approximate surface area is 208 Å². The molecule has 0 bridgehead atoms. The molecule has 0 unspecified atom stereocenters. The number of amides is 1. The smallest absolute Gasteiger partial charge is 0.243 e. The van der Waals surface area contributed by atoms with Crippen LogP contribution in [0.1, 0.15) is 52.5 Å². The predicted octanol–water partition coefficient (Wildman–Crippen LogP) is 3.96. The van der Waals surface area contributed by atoms with E-state index in [0.29, 0.717) is 30.8 Å². The maximum Gasteiger partial charge on any atom is 0.243 e. The summed E-state index contributed by atoms with van der Waals surface area (Å²) >= 11 is 0. The van der Waals surface area contributed by atoms with Gasteiger partial charge in [0.2, 0.25) is 15.9 Å². The van der Waals surface area contributed by atoms with Gasteiger partial charge in [0.15, 0.2) is 0 Å². The standard InChI is InChI=1S/C27H34N4O3S/c1-18-17-19(2)21(4)25(20(18)3)35(33,34)31-14-11-23(12-15-31)27(32)29-24(22-9-7-6-8-10-22)26-28-13-16-30(26)5/h6-10,13,16-17,23-24H,11-12,14-15H2,1-5H3,(H,29,32)/t24-/m0/s1. The van der Waals surface area contributed by atoms with Gasteiger partial charge in [-0.2, -0.15) is 4.31 Å². The van der Waals surface area contributed by atoms with Crippen LogP contribution < -0.4 is 5.32 Å². The van der Waals surface area contributed by atoms with Crippen molar-refractivity contribution in [1.82, 2.24) is 19.2 Å². The third-order valence-corrected chi connectivity index (χ3v) is 9.43. The lowest BCUT2D eigenvalue weighted by Gasteiger charge is -2.32. The second-order valence-corrected chi connectivity index (χ2v) is 11.4. The molecule has 0 saturated carbocycles. The molecule has 2 aromatic carbocycles. The first-order chi connectivity index (χ1) is 16.6. The number of hydrogen-bond acceptors (Lipinski definition) is 4. The lowest BCUT2D eigenvalue weighted by molar-refractivity contribution is -0.126. The summed E-state index contributed by atoms with van der Waals surface area (Å²) in [5.41, 5.74) is 4.50. The SMILES string of the molecule is Cc1cc(C)c(C)c(S(=O)(=O)N2CCC(C(=O)N[C@@H](c3ccccc3)c3nccn3C)CC2)c1C. The van der Waals surface area contributed by atoms with Crippen molar-refractivity contribution in [3.8, 4) is 0 Å². The fraction of sp³-hybridized carbons (Fsp3) is 0.407. The highest BCUT2D eigenvalue weighted by molar-refractivity contribution is 7.89. The summed E-state index contributed by atoms with van der Waals surface area (Å²) in [5, 5.41) is 3.17. The van der Waals surface area contributed by atoms with Gasteiger partial charge in [-0.05, 0) is 68.4 Å². The van der Waals surface area contributed by atoms with E-state index < -0.39 is 10.0 Å².